The first-order valence-electron chi connectivity index (χ1n) is 10.1. The van der Waals surface area contributed by atoms with Crippen LogP contribution in [-0.2, 0) is 20.7 Å². The molecular weight excluding hydrogens is 337 g/mol. The Labute approximate surface area is 163 Å². The van der Waals surface area contributed by atoms with E-state index in [1.807, 2.05) is 18.2 Å². The molecule has 1 aliphatic heterocycles. The summed E-state index contributed by atoms with van der Waals surface area (Å²) in [6, 6.07) is 12.6. The van der Waals surface area contributed by atoms with Crippen molar-refractivity contribution in [1.82, 2.24) is 0 Å². The van der Waals surface area contributed by atoms with Crippen LogP contribution in [0.1, 0.15) is 58.9 Å². The van der Waals surface area contributed by atoms with Gasteiger partial charge >= 0.3 is 7.12 Å². The lowest BCUT2D eigenvalue weighted by atomic mass is 9.21. The highest BCUT2D eigenvalue weighted by molar-refractivity contribution is 6.49. The first-order chi connectivity index (χ1) is 12.7. The van der Waals surface area contributed by atoms with E-state index in [1.54, 1.807) is 0 Å². The second-order valence-electron chi connectivity index (χ2n) is 9.82. The van der Waals surface area contributed by atoms with Crippen LogP contribution in [0.3, 0.4) is 0 Å². The van der Waals surface area contributed by atoms with Crippen molar-refractivity contribution in [2.45, 2.75) is 77.0 Å². The van der Waals surface area contributed by atoms with Crippen molar-refractivity contribution in [3.63, 3.8) is 0 Å². The molecule has 4 fully saturated rings. The molecule has 0 aromatic heterocycles. The van der Waals surface area contributed by atoms with Crippen LogP contribution in [0.4, 0.5) is 0 Å². The predicted octanol–water partition coefficient (Wildman–Crippen LogP) is 4.75. The Bertz CT molecular complexity index is 718. The molecule has 1 aromatic rings. The second-order valence-corrected chi connectivity index (χ2v) is 9.82. The number of ether oxygens (including phenoxy) is 1. The average Bonchev–Trinajstić information content (AvgIpc) is 2.76. The molecule has 0 radical (unpaired) electrons. The van der Waals surface area contributed by atoms with E-state index in [1.165, 1.54) is 5.56 Å². The fourth-order valence-corrected chi connectivity index (χ4v) is 5.56. The van der Waals surface area contributed by atoms with Gasteiger partial charge in [0.15, 0.2) is 0 Å². The first-order valence-corrected chi connectivity index (χ1v) is 10.1. The predicted molar refractivity (Wildman–Crippen MR) is 105 cm³/mol. The van der Waals surface area contributed by atoms with Crippen LogP contribution >= 0.6 is 0 Å². The molecule has 3 saturated carbocycles. The average molecular weight is 367 g/mol. The highest BCUT2D eigenvalue weighted by Crippen LogP contribution is 2.83. The number of rotatable bonds is 7. The molecule has 4 aliphatic rings. The third kappa shape index (κ3) is 2.94. The van der Waals surface area contributed by atoms with Crippen molar-refractivity contribution in [3.8, 4) is 6.07 Å². The summed E-state index contributed by atoms with van der Waals surface area (Å²) < 4.78 is 18.9. The van der Waals surface area contributed by atoms with Gasteiger partial charge in [-0.3, -0.25) is 0 Å². The van der Waals surface area contributed by atoms with E-state index in [0.717, 1.165) is 25.9 Å². The van der Waals surface area contributed by atoms with Crippen molar-refractivity contribution in [2.24, 2.45) is 10.8 Å². The molecular formula is C22H30BNO3. The normalized spacial score (nSPS) is 35.2. The molecule has 3 aliphatic carbocycles. The molecule has 0 amide bonds. The van der Waals surface area contributed by atoms with Crippen LogP contribution in [0.2, 0.25) is 5.82 Å². The fourth-order valence-electron chi connectivity index (χ4n) is 5.56. The van der Waals surface area contributed by atoms with Gasteiger partial charge in [0.2, 0.25) is 0 Å². The summed E-state index contributed by atoms with van der Waals surface area (Å²) in [6.45, 7) is 9.82. The zero-order chi connectivity index (χ0) is 19.3. The smallest absolute Gasteiger partial charge is 0.403 e. The lowest BCUT2D eigenvalue weighted by Crippen LogP contribution is -2.72. The topological polar surface area (TPSA) is 51.5 Å². The van der Waals surface area contributed by atoms with Crippen LogP contribution in [0.25, 0.3) is 0 Å². The van der Waals surface area contributed by atoms with Crippen molar-refractivity contribution in [3.05, 3.63) is 35.9 Å². The number of nitriles is 1. The molecule has 27 heavy (non-hydrogen) atoms. The van der Waals surface area contributed by atoms with Crippen LogP contribution < -0.4 is 0 Å². The Morgan fingerprint density at radius 2 is 1.70 bits per heavy atom. The highest BCUT2D eigenvalue weighted by Gasteiger charge is 2.80. The van der Waals surface area contributed by atoms with E-state index in [-0.39, 0.29) is 29.2 Å². The molecule has 2 bridgehead atoms. The van der Waals surface area contributed by atoms with Crippen LogP contribution in [-0.4, -0.2) is 24.9 Å². The Balaban J connectivity index is 1.45. The zero-order valence-electron chi connectivity index (χ0n) is 17.0. The summed E-state index contributed by atoms with van der Waals surface area (Å²) in [6.07, 6.45) is 3.81. The minimum atomic E-state index is -0.317. The fraction of sp³-hybridized carbons (Fsp3) is 0.682. The summed E-state index contributed by atoms with van der Waals surface area (Å²) in [4.78, 5) is 0. The number of hydrogen-bond acceptors (Lipinski definition) is 4. The van der Waals surface area contributed by atoms with Crippen LogP contribution in [0.5, 0.6) is 0 Å². The van der Waals surface area contributed by atoms with Crippen molar-refractivity contribution >= 4 is 7.12 Å². The summed E-state index contributed by atoms with van der Waals surface area (Å²) >= 11 is 0. The lowest BCUT2D eigenvalue weighted by Gasteiger charge is -2.77. The molecule has 1 atom stereocenters. The van der Waals surface area contributed by atoms with Gasteiger partial charge in [-0.15, -0.1) is 0 Å². The van der Waals surface area contributed by atoms with E-state index in [2.05, 4.69) is 45.9 Å². The van der Waals surface area contributed by atoms with Crippen molar-refractivity contribution in [1.29, 1.82) is 5.26 Å². The van der Waals surface area contributed by atoms with Crippen LogP contribution in [0, 0.1) is 22.2 Å². The highest BCUT2D eigenvalue weighted by atomic mass is 16.7. The molecule has 1 heterocycles. The van der Waals surface area contributed by atoms with Gasteiger partial charge in [0.25, 0.3) is 0 Å². The molecule has 1 unspecified atom stereocenters. The van der Waals surface area contributed by atoms with Gasteiger partial charge in [-0.1, -0.05) is 30.3 Å². The quantitative estimate of drug-likeness (QED) is 0.653. The summed E-state index contributed by atoms with van der Waals surface area (Å²) in [5.41, 5.74) is 0.915. The van der Waals surface area contributed by atoms with E-state index in [0.29, 0.717) is 18.8 Å². The Kier molecular flexibility index (Phi) is 4.46. The SMILES string of the molecule is CC1(C)OB(C2C3(CCC#N)CC2(COCc2ccccc2)C3)OC1(C)C. The third-order valence-corrected chi connectivity index (χ3v) is 7.51. The molecule has 5 rings (SSSR count). The maximum Gasteiger partial charge on any atom is 0.462 e. The lowest BCUT2D eigenvalue weighted by molar-refractivity contribution is -0.242. The molecule has 4 nitrogen and oxygen atoms in total. The summed E-state index contributed by atoms with van der Waals surface area (Å²) in [5, 5.41) is 9.08. The van der Waals surface area contributed by atoms with Gasteiger partial charge in [0.05, 0.1) is 30.5 Å². The van der Waals surface area contributed by atoms with Crippen LogP contribution in [0.15, 0.2) is 30.3 Å². The molecule has 5 heteroatoms. The van der Waals surface area contributed by atoms with E-state index in [4.69, 9.17) is 19.3 Å². The van der Waals surface area contributed by atoms with Gasteiger partial charge in [0, 0.05) is 12.2 Å². The van der Waals surface area contributed by atoms with E-state index < -0.39 is 0 Å². The number of benzene rings is 1. The minimum Gasteiger partial charge on any atom is -0.403 e. The molecule has 144 valence electrons. The van der Waals surface area contributed by atoms with Crippen molar-refractivity contribution in [2.75, 3.05) is 6.61 Å². The van der Waals surface area contributed by atoms with E-state index >= 15 is 0 Å². The maximum absolute atomic E-state index is 9.08. The van der Waals surface area contributed by atoms with Gasteiger partial charge in [0.1, 0.15) is 0 Å². The summed E-state index contributed by atoms with van der Waals surface area (Å²) in [7, 11) is -0.198. The zero-order valence-corrected chi connectivity index (χ0v) is 17.0. The van der Waals surface area contributed by atoms with Gasteiger partial charge in [-0.25, -0.2) is 0 Å². The molecule has 1 saturated heterocycles. The Morgan fingerprint density at radius 1 is 1.07 bits per heavy atom. The molecule has 0 N–H and O–H groups in total. The standard InChI is InChI=1S/C22H30BNO3/c1-19(2)20(3,4)27-23(26-19)18-21(11-8-12-24)14-22(18,15-21)16-25-13-17-9-6-5-7-10-17/h5-7,9-10,18H,8,11,13-16H2,1-4H3. The largest absolute Gasteiger partial charge is 0.462 e. The van der Waals surface area contributed by atoms with Crippen molar-refractivity contribution < 1.29 is 14.0 Å². The van der Waals surface area contributed by atoms with E-state index in [9.17, 15) is 0 Å². The Morgan fingerprint density at radius 3 is 2.30 bits per heavy atom. The molecule has 0 spiro atoms. The van der Waals surface area contributed by atoms with Gasteiger partial charge in [-0.2, -0.15) is 5.26 Å². The number of nitrogens with zero attached hydrogens (tertiary/aromatic N) is 1. The summed E-state index contributed by atoms with van der Waals surface area (Å²) in [5.74, 6) is 0.329. The second kappa shape index (κ2) is 6.34. The minimum absolute atomic E-state index is 0.144. The third-order valence-electron chi connectivity index (χ3n) is 7.51. The molecule has 1 aromatic carbocycles. The first kappa shape index (κ1) is 19.0. The maximum atomic E-state index is 9.08. The van der Waals surface area contributed by atoms with Gasteiger partial charge in [-0.05, 0) is 63.4 Å². The Hall–Kier alpha value is -1.35. The van der Waals surface area contributed by atoms with Gasteiger partial charge < -0.3 is 14.0 Å². The number of hydrogen-bond donors (Lipinski definition) is 0. The monoisotopic (exact) mass is 367 g/mol.